The van der Waals surface area contributed by atoms with E-state index in [1.807, 2.05) is 6.07 Å². The molecule has 30 heavy (non-hydrogen) atoms. The molecule has 1 aliphatic rings. The maximum Gasteiger partial charge on any atom is 0.246 e. The molecule has 0 radical (unpaired) electrons. The molecule has 0 saturated carbocycles. The van der Waals surface area contributed by atoms with Crippen LogP contribution in [0.25, 0.3) is 6.08 Å². The maximum absolute atomic E-state index is 13.1. The Kier molecular flexibility index (Phi) is 6.77. The number of rotatable bonds is 6. The second-order valence-electron chi connectivity index (χ2n) is 6.97. The third-order valence-corrected chi connectivity index (χ3v) is 7.44. The molecule has 0 unspecified atom stereocenters. The molecular weight excluding hydrogens is 409 g/mol. The molecule has 1 aliphatic heterocycles. The van der Waals surface area contributed by atoms with Crippen LogP contribution in [0.2, 0.25) is 0 Å². The van der Waals surface area contributed by atoms with Gasteiger partial charge in [-0.15, -0.1) is 0 Å². The Morgan fingerprint density at radius 1 is 1.03 bits per heavy atom. The van der Waals surface area contributed by atoms with Crippen LogP contribution in [-0.2, 0) is 14.6 Å². The molecule has 3 rings (SSSR count). The van der Waals surface area contributed by atoms with Gasteiger partial charge in [-0.2, -0.15) is 0 Å². The number of benzene rings is 2. The maximum atomic E-state index is 13.1. The zero-order valence-corrected chi connectivity index (χ0v) is 17.7. The highest BCUT2D eigenvalue weighted by atomic mass is 32.2. The molecule has 0 aromatic heterocycles. The molecule has 0 bridgehead atoms. The molecule has 1 amide bonds. The van der Waals surface area contributed by atoms with Crippen LogP contribution < -0.4 is 9.47 Å². The van der Waals surface area contributed by atoms with E-state index in [1.54, 1.807) is 37.3 Å². The van der Waals surface area contributed by atoms with Crippen molar-refractivity contribution in [3.63, 3.8) is 0 Å². The van der Waals surface area contributed by atoms with Crippen LogP contribution in [0.3, 0.4) is 0 Å². The molecule has 1 heterocycles. The van der Waals surface area contributed by atoms with E-state index in [2.05, 4.69) is 0 Å². The van der Waals surface area contributed by atoms with Crippen molar-refractivity contribution in [1.29, 1.82) is 0 Å². The summed E-state index contributed by atoms with van der Waals surface area (Å²) in [6.45, 7) is 0.695. The zero-order valence-electron chi connectivity index (χ0n) is 16.9. The topological polar surface area (TPSA) is 72.9 Å². The van der Waals surface area contributed by atoms with E-state index < -0.39 is 20.9 Å². The van der Waals surface area contributed by atoms with Crippen LogP contribution in [-0.4, -0.2) is 51.8 Å². The second kappa shape index (κ2) is 9.30. The zero-order chi connectivity index (χ0) is 21.7. The van der Waals surface area contributed by atoms with Crippen molar-refractivity contribution in [3.05, 3.63) is 59.9 Å². The number of halogens is 1. The molecule has 2 aromatic carbocycles. The molecule has 0 atom stereocenters. The van der Waals surface area contributed by atoms with Crippen LogP contribution in [0.5, 0.6) is 11.5 Å². The number of amides is 1. The molecule has 0 N–H and O–H groups in total. The fraction of sp³-hybridized carbons (Fsp3) is 0.318. The summed E-state index contributed by atoms with van der Waals surface area (Å²) in [4.78, 5) is 14.3. The minimum absolute atomic E-state index is 0.113. The summed E-state index contributed by atoms with van der Waals surface area (Å²) >= 11 is 0. The monoisotopic (exact) mass is 433 g/mol. The number of methoxy groups -OCH3 is 2. The Hall–Kier alpha value is -2.87. The standard InChI is InChI=1S/C22H24FNO5S/c1-28-20-9-3-16(15-21(20)29-2)4-10-22(25)24-13-11-19(12-14-24)30(26,27)18-7-5-17(23)6-8-18/h3-10,15,19H,11-14H2,1-2H3/b10-4+. The van der Waals surface area contributed by atoms with Gasteiger partial charge in [0.2, 0.25) is 5.91 Å². The van der Waals surface area contributed by atoms with Gasteiger partial charge in [0, 0.05) is 19.2 Å². The fourth-order valence-electron chi connectivity index (χ4n) is 3.43. The van der Waals surface area contributed by atoms with Crippen LogP contribution in [0, 0.1) is 5.82 Å². The van der Waals surface area contributed by atoms with E-state index in [1.165, 1.54) is 18.2 Å². The largest absolute Gasteiger partial charge is 0.493 e. The summed E-state index contributed by atoms with van der Waals surface area (Å²) in [7, 11) is -0.451. The molecular formula is C22H24FNO5S. The highest BCUT2D eigenvalue weighted by Crippen LogP contribution is 2.28. The molecule has 1 fully saturated rings. The number of carbonyl (C=O) groups excluding carboxylic acids is 1. The molecule has 0 spiro atoms. The number of carbonyl (C=O) groups is 1. The van der Waals surface area contributed by atoms with Crippen molar-refractivity contribution >= 4 is 21.8 Å². The molecule has 0 aliphatic carbocycles. The summed E-state index contributed by atoms with van der Waals surface area (Å²) < 4.78 is 49.0. The third kappa shape index (κ3) is 4.81. The number of hydrogen-bond donors (Lipinski definition) is 0. The first-order chi connectivity index (χ1) is 14.3. The van der Waals surface area contributed by atoms with E-state index in [0.29, 0.717) is 37.4 Å². The van der Waals surface area contributed by atoms with Gasteiger partial charge < -0.3 is 14.4 Å². The first-order valence-corrected chi connectivity index (χ1v) is 11.1. The number of piperidine rings is 1. The van der Waals surface area contributed by atoms with E-state index in [0.717, 1.165) is 17.7 Å². The average molecular weight is 434 g/mol. The summed E-state index contributed by atoms with van der Waals surface area (Å²) in [5, 5.41) is -0.582. The van der Waals surface area contributed by atoms with E-state index in [9.17, 15) is 17.6 Å². The van der Waals surface area contributed by atoms with Crippen molar-refractivity contribution in [1.82, 2.24) is 4.90 Å². The van der Waals surface area contributed by atoms with Gasteiger partial charge in [-0.3, -0.25) is 4.79 Å². The molecule has 160 valence electrons. The van der Waals surface area contributed by atoms with Crippen LogP contribution >= 0.6 is 0 Å². The lowest BCUT2D eigenvalue weighted by Crippen LogP contribution is -2.41. The molecule has 8 heteroatoms. The van der Waals surface area contributed by atoms with Crippen LogP contribution in [0.4, 0.5) is 4.39 Å². The van der Waals surface area contributed by atoms with E-state index in [4.69, 9.17) is 9.47 Å². The lowest BCUT2D eigenvalue weighted by molar-refractivity contribution is -0.126. The number of sulfone groups is 1. The Labute approximate surface area is 175 Å². The van der Waals surface area contributed by atoms with Crippen molar-refractivity contribution in [2.45, 2.75) is 23.0 Å². The Morgan fingerprint density at radius 3 is 2.27 bits per heavy atom. The normalized spacial score (nSPS) is 15.4. The van der Waals surface area contributed by atoms with Gasteiger partial charge in [-0.05, 0) is 60.9 Å². The Balaban J connectivity index is 1.61. The predicted molar refractivity (Wildman–Crippen MR) is 112 cm³/mol. The van der Waals surface area contributed by atoms with Gasteiger partial charge in [0.15, 0.2) is 21.3 Å². The van der Waals surface area contributed by atoms with Gasteiger partial charge >= 0.3 is 0 Å². The van der Waals surface area contributed by atoms with Crippen molar-refractivity contribution in [3.8, 4) is 11.5 Å². The van der Waals surface area contributed by atoms with Gasteiger partial charge in [0.25, 0.3) is 0 Å². The number of likely N-dealkylation sites (tertiary alicyclic amines) is 1. The minimum Gasteiger partial charge on any atom is -0.493 e. The second-order valence-corrected chi connectivity index (χ2v) is 9.20. The average Bonchev–Trinajstić information content (AvgIpc) is 2.77. The molecule has 2 aromatic rings. The predicted octanol–water partition coefficient (Wildman–Crippen LogP) is 3.32. The van der Waals surface area contributed by atoms with Gasteiger partial charge in [-0.1, -0.05) is 6.07 Å². The van der Waals surface area contributed by atoms with Crippen molar-refractivity contribution in [2.75, 3.05) is 27.3 Å². The summed E-state index contributed by atoms with van der Waals surface area (Å²) in [6.07, 6.45) is 3.84. The Morgan fingerprint density at radius 2 is 1.67 bits per heavy atom. The van der Waals surface area contributed by atoms with Crippen molar-refractivity contribution in [2.24, 2.45) is 0 Å². The first-order valence-electron chi connectivity index (χ1n) is 9.53. The lowest BCUT2D eigenvalue weighted by Gasteiger charge is -2.31. The highest BCUT2D eigenvalue weighted by molar-refractivity contribution is 7.92. The highest BCUT2D eigenvalue weighted by Gasteiger charge is 2.32. The minimum atomic E-state index is -3.55. The Bertz CT molecular complexity index is 1030. The lowest BCUT2D eigenvalue weighted by atomic mass is 10.1. The van der Waals surface area contributed by atoms with E-state index in [-0.39, 0.29) is 10.8 Å². The van der Waals surface area contributed by atoms with Crippen LogP contribution in [0.15, 0.2) is 53.4 Å². The van der Waals surface area contributed by atoms with Crippen molar-refractivity contribution < 1.29 is 27.1 Å². The molecule has 6 nitrogen and oxygen atoms in total. The fourth-order valence-corrected chi connectivity index (χ4v) is 5.16. The summed E-state index contributed by atoms with van der Waals surface area (Å²) in [6, 6.07) is 10.2. The number of hydrogen-bond acceptors (Lipinski definition) is 5. The first kappa shape index (κ1) is 21.8. The summed E-state index contributed by atoms with van der Waals surface area (Å²) in [5.74, 6) is 0.516. The number of ether oxygens (including phenoxy) is 2. The summed E-state index contributed by atoms with van der Waals surface area (Å²) in [5.41, 5.74) is 0.787. The molecule has 1 saturated heterocycles. The third-order valence-electron chi connectivity index (χ3n) is 5.16. The van der Waals surface area contributed by atoms with Gasteiger partial charge in [-0.25, -0.2) is 12.8 Å². The van der Waals surface area contributed by atoms with Crippen LogP contribution in [0.1, 0.15) is 18.4 Å². The quantitative estimate of drug-likeness (QED) is 0.516. The smallest absolute Gasteiger partial charge is 0.246 e. The SMILES string of the molecule is COc1ccc(/C=C/C(=O)N2CCC(S(=O)(=O)c3ccc(F)cc3)CC2)cc1OC. The van der Waals surface area contributed by atoms with Gasteiger partial charge in [0.1, 0.15) is 5.82 Å². The van der Waals surface area contributed by atoms with Gasteiger partial charge in [0.05, 0.1) is 24.4 Å². The van der Waals surface area contributed by atoms with E-state index >= 15 is 0 Å². The number of nitrogens with zero attached hydrogens (tertiary/aromatic N) is 1.